The van der Waals surface area contributed by atoms with Crippen molar-refractivity contribution in [2.45, 2.75) is 52.9 Å². The predicted octanol–water partition coefficient (Wildman–Crippen LogP) is 3.74. The van der Waals surface area contributed by atoms with Gasteiger partial charge in [-0.25, -0.2) is 0 Å². The van der Waals surface area contributed by atoms with E-state index < -0.39 is 0 Å². The van der Waals surface area contributed by atoms with Crippen LogP contribution in [0.3, 0.4) is 0 Å². The Hall–Kier alpha value is -0.590. The van der Waals surface area contributed by atoms with Crippen molar-refractivity contribution in [3.63, 3.8) is 0 Å². The molecule has 1 saturated carbocycles. The third kappa shape index (κ3) is 5.62. The minimum absolute atomic E-state index is 0.416. The van der Waals surface area contributed by atoms with Gasteiger partial charge in [-0.05, 0) is 25.7 Å². The third-order valence-corrected chi connectivity index (χ3v) is 2.18. The smallest absolute Gasteiger partial charge is 0.133 e. The highest BCUT2D eigenvalue weighted by atomic mass is 16.1. The molecule has 0 saturated heterocycles. The van der Waals surface area contributed by atoms with Gasteiger partial charge in [0.2, 0.25) is 0 Å². The van der Waals surface area contributed by atoms with Crippen LogP contribution < -0.4 is 0 Å². The number of ketones is 1. The molecule has 0 aliphatic heterocycles. The Balaban J connectivity index is 0.000000424. The van der Waals surface area contributed by atoms with Gasteiger partial charge in [-0.2, -0.15) is 0 Å². The van der Waals surface area contributed by atoms with Crippen LogP contribution in [0.15, 0.2) is 12.2 Å². The topological polar surface area (TPSA) is 17.1 Å². The molecule has 1 nitrogen and oxygen atoms in total. The van der Waals surface area contributed by atoms with Crippen molar-refractivity contribution in [1.29, 1.82) is 0 Å². The van der Waals surface area contributed by atoms with Crippen molar-refractivity contribution in [2.75, 3.05) is 0 Å². The maximum Gasteiger partial charge on any atom is 0.133 e. The number of rotatable bonds is 1. The van der Waals surface area contributed by atoms with Crippen LogP contribution in [0.4, 0.5) is 0 Å². The second-order valence-corrected chi connectivity index (χ2v) is 3.89. The number of carbonyl (C=O) groups excluding carboxylic acids is 1. The Kier molecular flexibility index (Phi) is 6.56. The monoisotopic (exact) mass is 182 g/mol. The molecule has 1 atom stereocenters. The molecule has 0 unspecified atom stereocenters. The van der Waals surface area contributed by atoms with Gasteiger partial charge >= 0.3 is 0 Å². The van der Waals surface area contributed by atoms with Gasteiger partial charge in [0, 0.05) is 12.8 Å². The highest BCUT2D eigenvalue weighted by Crippen LogP contribution is 2.26. The largest absolute Gasteiger partial charge is 0.300 e. The zero-order chi connectivity index (χ0) is 10.3. The fourth-order valence-corrected chi connectivity index (χ4v) is 1.45. The molecule has 0 heterocycles. The maximum atomic E-state index is 10.9. The summed E-state index contributed by atoms with van der Waals surface area (Å²) in [5, 5.41) is 0. The van der Waals surface area contributed by atoms with E-state index in [2.05, 4.69) is 20.4 Å². The van der Waals surface area contributed by atoms with Gasteiger partial charge in [-0.1, -0.05) is 32.4 Å². The van der Waals surface area contributed by atoms with E-state index in [1.165, 1.54) is 18.4 Å². The minimum atomic E-state index is 0.416. The number of allylic oxidation sites excluding steroid dienone is 1. The van der Waals surface area contributed by atoms with Crippen LogP contribution in [0.2, 0.25) is 0 Å². The van der Waals surface area contributed by atoms with Crippen LogP contribution in [0, 0.1) is 5.92 Å². The molecule has 0 amide bonds. The molecule has 1 heteroatoms. The molecule has 0 N–H and O–H groups in total. The lowest BCUT2D eigenvalue weighted by Gasteiger charge is -2.20. The van der Waals surface area contributed by atoms with Crippen molar-refractivity contribution in [1.82, 2.24) is 0 Å². The molecule has 0 aromatic heterocycles. The second-order valence-electron chi connectivity index (χ2n) is 3.89. The van der Waals surface area contributed by atoms with E-state index in [0.29, 0.717) is 11.7 Å². The zero-order valence-corrected chi connectivity index (χ0v) is 9.23. The SMILES string of the molecule is C=C(C)[C@@H]1CCCC(=O)C1.CCC. The predicted molar refractivity (Wildman–Crippen MR) is 57.7 cm³/mol. The van der Waals surface area contributed by atoms with E-state index in [1.807, 2.05) is 6.92 Å². The van der Waals surface area contributed by atoms with Gasteiger partial charge in [0.25, 0.3) is 0 Å². The molecule has 0 bridgehead atoms. The zero-order valence-electron chi connectivity index (χ0n) is 9.23. The molecular formula is C12H22O. The summed E-state index contributed by atoms with van der Waals surface area (Å²) in [6.45, 7) is 10.1. The van der Waals surface area contributed by atoms with Gasteiger partial charge in [0.05, 0.1) is 0 Å². The molecule has 1 aliphatic rings. The van der Waals surface area contributed by atoms with Gasteiger partial charge in [-0.3, -0.25) is 4.79 Å². The molecule has 0 radical (unpaired) electrons. The normalized spacial score (nSPS) is 21.8. The summed E-state index contributed by atoms with van der Waals surface area (Å²) in [5.41, 5.74) is 1.17. The van der Waals surface area contributed by atoms with E-state index >= 15 is 0 Å². The Labute approximate surface area is 82.2 Å². The fourth-order valence-electron chi connectivity index (χ4n) is 1.45. The number of hydrogen-bond acceptors (Lipinski definition) is 1. The van der Waals surface area contributed by atoms with Crippen LogP contribution in [-0.4, -0.2) is 5.78 Å². The van der Waals surface area contributed by atoms with Gasteiger partial charge < -0.3 is 0 Å². The average molecular weight is 182 g/mol. The number of carbonyl (C=O) groups is 1. The molecule has 13 heavy (non-hydrogen) atoms. The Bertz CT molecular complexity index is 168. The van der Waals surface area contributed by atoms with Crippen molar-refractivity contribution in [3.8, 4) is 0 Å². The van der Waals surface area contributed by atoms with Crippen molar-refractivity contribution in [3.05, 3.63) is 12.2 Å². The first-order valence-corrected chi connectivity index (χ1v) is 5.28. The molecular weight excluding hydrogens is 160 g/mol. The lowest BCUT2D eigenvalue weighted by Crippen LogP contribution is -2.15. The highest BCUT2D eigenvalue weighted by molar-refractivity contribution is 5.79. The van der Waals surface area contributed by atoms with Crippen LogP contribution in [0.25, 0.3) is 0 Å². The van der Waals surface area contributed by atoms with Crippen molar-refractivity contribution >= 4 is 5.78 Å². The summed E-state index contributed by atoms with van der Waals surface area (Å²) < 4.78 is 0. The number of hydrogen-bond donors (Lipinski definition) is 0. The lowest BCUT2D eigenvalue weighted by molar-refractivity contribution is -0.121. The third-order valence-electron chi connectivity index (χ3n) is 2.18. The molecule has 76 valence electrons. The Morgan fingerprint density at radius 3 is 2.38 bits per heavy atom. The van der Waals surface area contributed by atoms with Crippen molar-refractivity contribution in [2.24, 2.45) is 5.92 Å². The van der Waals surface area contributed by atoms with Gasteiger partial charge in [0.1, 0.15) is 5.78 Å². The van der Waals surface area contributed by atoms with E-state index in [1.54, 1.807) is 0 Å². The molecule has 0 spiro atoms. The highest BCUT2D eigenvalue weighted by Gasteiger charge is 2.19. The van der Waals surface area contributed by atoms with E-state index in [9.17, 15) is 4.79 Å². The average Bonchev–Trinajstić information content (AvgIpc) is 2.05. The second kappa shape index (κ2) is 6.88. The standard InChI is InChI=1S/C9H14O.C3H8/c1-7(2)8-4-3-5-9(10)6-8;1-3-2/h8H,1,3-6H2,2H3;3H2,1-2H3/t8-;/m1./s1. The van der Waals surface area contributed by atoms with Crippen LogP contribution >= 0.6 is 0 Å². The van der Waals surface area contributed by atoms with Crippen LogP contribution in [-0.2, 0) is 4.79 Å². The quantitative estimate of drug-likeness (QED) is 0.565. The first-order chi connectivity index (χ1) is 6.11. The first-order valence-electron chi connectivity index (χ1n) is 5.28. The summed E-state index contributed by atoms with van der Waals surface area (Å²) in [7, 11) is 0. The summed E-state index contributed by atoms with van der Waals surface area (Å²) in [4.78, 5) is 10.9. The van der Waals surface area contributed by atoms with E-state index in [4.69, 9.17) is 0 Å². The summed E-state index contributed by atoms with van der Waals surface area (Å²) in [6, 6.07) is 0. The summed E-state index contributed by atoms with van der Waals surface area (Å²) in [5.74, 6) is 0.903. The Morgan fingerprint density at radius 2 is 2.08 bits per heavy atom. The molecule has 1 fully saturated rings. The minimum Gasteiger partial charge on any atom is -0.300 e. The Morgan fingerprint density at radius 1 is 1.54 bits per heavy atom. The van der Waals surface area contributed by atoms with E-state index in [0.717, 1.165) is 19.3 Å². The van der Waals surface area contributed by atoms with Gasteiger partial charge in [0.15, 0.2) is 0 Å². The van der Waals surface area contributed by atoms with E-state index in [-0.39, 0.29) is 0 Å². The molecule has 0 aromatic rings. The van der Waals surface area contributed by atoms with Crippen molar-refractivity contribution < 1.29 is 4.79 Å². The maximum absolute atomic E-state index is 10.9. The first kappa shape index (κ1) is 12.4. The fraction of sp³-hybridized carbons (Fsp3) is 0.750. The number of Topliss-reactive ketones (excluding diaryl/α,β-unsaturated/α-hetero) is 1. The van der Waals surface area contributed by atoms with Gasteiger partial charge in [-0.15, -0.1) is 0 Å². The molecule has 1 rings (SSSR count). The summed E-state index contributed by atoms with van der Waals surface area (Å²) >= 11 is 0. The van der Waals surface area contributed by atoms with Crippen LogP contribution in [0.1, 0.15) is 52.9 Å². The lowest BCUT2D eigenvalue weighted by atomic mass is 9.84. The summed E-state index contributed by atoms with van der Waals surface area (Å²) in [6.07, 6.45) is 5.02. The molecule has 0 aromatic carbocycles. The molecule has 1 aliphatic carbocycles. The van der Waals surface area contributed by atoms with Crippen LogP contribution in [0.5, 0.6) is 0 Å².